The minimum absolute atomic E-state index is 0.00217. The molecule has 1 rings (SSSR count). The van der Waals surface area contributed by atoms with E-state index >= 15 is 0 Å². The van der Waals surface area contributed by atoms with E-state index in [2.05, 4.69) is 15.4 Å². The monoisotopic (exact) mass is 405 g/mol. The van der Waals surface area contributed by atoms with Crippen LogP contribution in [0.25, 0.3) is 0 Å². The molecule has 1 aromatic rings. The predicted molar refractivity (Wildman–Crippen MR) is 98.3 cm³/mol. The summed E-state index contributed by atoms with van der Waals surface area (Å²) in [6, 6.07) is 4.57. The fraction of sp³-hybridized carbons (Fsp3) is 0.500. The van der Waals surface area contributed by atoms with E-state index in [9.17, 15) is 18.0 Å². The first kappa shape index (κ1) is 22.4. The van der Waals surface area contributed by atoms with Crippen LogP contribution >= 0.6 is 11.6 Å². The number of hydrogen-bond acceptors (Lipinski definition) is 5. The van der Waals surface area contributed by atoms with Gasteiger partial charge in [0.15, 0.2) is 0 Å². The van der Waals surface area contributed by atoms with Crippen molar-refractivity contribution in [3.63, 3.8) is 0 Å². The maximum atomic E-state index is 12.4. The highest BCUT2D eigenvalue weighted by atomic mass is 35.5. The Labute approximate surface area is 158 Å². The van der Waals surface area contributed by atoms with Crippen LogP contribution in [0, 0.1) is 5.92 Å². The lowest BCUT2D eigenvalue weighted by atomic mass is 10.1. The first-order chi connectivity index (χ1) is 12.2. The summed E-state index contributed by atoms with van der Waals surface area (Å²) in [5.74, 6) is -1.30. The van der Waals surface area contributed by atoms with Gasteiger partial charge in [0, 0.05) is 18.7 Å². The number of amides is 2. The van der Waals surface area contributed by atoms with Gasteiger partial charge in [-0.05, 0) is 30.2 Å². The van der Waals surface area contributed by atoms with Gasteiger partial charge in [0.2, 0.25) is 21.8 Å². The molecular weight excluding hydrogens is 382 g/mol. The highest BCUT2D eigenvalue weighted by Gasteiger charge is 2.28. The fourth-order valence-electron chi connectivity index (χ4n) is 1.97. The van der Waals surface area contributed by atoms with Gasteiger partial charge in [0.1, 0.15) is 6.04 Å². The van der Waals surface area contributed by atoms with Crippen molar-refractivity contribution in [2.24, 2.45) is 5.92 Å². The van der Waals surface area contributed by atoms with Crippen molar-refractivity contribution in [1.29, 1.82) is 0 Å². The molecule has 26 heavy (non-hydrogen) atoms. The van der Waals surface area contributed by atoms with Crippen molar-refractivity contribution in [3.8, 4) is 0 Å². The molecule has 10 heteroatoms. The molecule has 0 aliphatic carbocycles. The second-order valence-corrected chi connectivity index (χ2v) is 8.01. The maximum Gasteiger partial charge on any atom is 0.241 e. The van der Waals surface area contributed by atoms with E-state index in [1.165, 1.54) is 31.4 Å². The summed E-state index contributed by atoms with van der Waals surface area (Å²) in [5.41, 5.74) is 0. The Bertz CT molecular complexity index is 707. The summed E-state index contributed by atoms with van der Waals surface area (Å²) in [6.45, 7) is 3.83. The molecule has 0 radical (unpaired) electrons. The minimum atomic E-state index is -3.91. The van der Waals surface area contributed by atoms with Gasteiger partial charge in [-0.3, -0.25) is 9.59 Å². The van der Waals surface area contributed by atoms with Crippen molar-refractivity contribution in [2.75, 3.05) is 26.8 Å². The molecule has 0 heterocycles. The van der Waals surface area contributed by atoms with Crippen molar-refractivity contribution in [1.82, 2.24) is 15.4 Å². The molecule has 0 aliphatic heterocycles. The number of carbonyl (C=O) groups excluding carboxylic acids is 2. The Morgan fingerprint density at radius 1 is 1.15 bits per heavy atom. The third-order valence-electron chi connectivity index (χ3n) is 3.41. The summed E-state index contributed by atoms with van der Waals surface area (Å²) in [5, 5.41) is 5.40. The van der Waals surface area contributed by atoms with Crippen LogP contribution in [0.15, 0.2) is 29.2 Å². The zero-order valence-electron chi connectivity index (χ0n) is 14.9. The standard InChI is InChI=1S/C16H24ClN3O5S/c1-11(2)15(16(22)19-10-14(21)18-8-9-25-3)20-26(23,24)13-6-4-12(17)5-7-13/h4-7,11,15,20H,8-10H2,1-3H3,(H,18,21)(H,19,22)/t15-/m0/s1. The first-order valence-corrected chi connectivity index (χ1v) is 9.84. The lowest BCUT2D eigenvalue weighted by molar-refractivity contribution is -0.127. The van der Waals surface area contributed by atoms with Gasteiger partial charge < -0.3 is 15.4 Å². The topological polar surface area (TPSA) is 114 Å². The smallest absolute Gasteiger partial charge is 0.241 e. The molecule has 0 saturated heterocycles. The Morgan fingerprint density at radius 2 is 1.77 bits per heavy atom. The molecule has 1 aromatic carbocycles. The molecule has 0 saturated carbocycles. The summed E-state index contributed by atoms with van der Waals surface area (Å²) in [7, 11) is -2.40. The largest absolute Gasteiger partial charge is 0.383 e. The van der Waals surface area contributed by atoms with E-state index in [1.807, 2.05) is 0 Å². The Kier molecular flexibility index (Phi) is 9.00. The quantitative estimate of drug-likeness (QED) is 0.491. The number of rotatable bonds is 10. The van der Waals surface area contributed by atoms with Gasteiger partial charge in [-0.2, -0.15) is 4.72 Å². The van der Waals surface area contributed by atoms with Crippen molar-refractivity contribution in [3.05, 3.63) is 29.3 Å². The Hall–Kier alpha value is -1.68. The summed E-state index contributed by atoms with van der Waals surface area (Å²) < 4.78 is 32.1. The number of methoxy groups -OCH3 is 1. The first-order valence-electron chi connectivity index (χ1n) is 7.98. The van der Waals surface area contributed by atoms with Gasteiger partial charge >= 0.3 is 0 Å². The van der Waals surface area contributed by atoms with Gasteiger partial charge in [0.25, 0.3) is 0 Å². The molecular formula is C16H24ClN3O5S. The second-order valence-electron chi connectivity index (χ2n) is 5.86. The normalized spacial score (nSPS) is 12.7. The van der Waals surface area contributed by atoms with Crippen LogP contribution < -0.4 is 15.4 Å². The van der Waals surface area contributed by atoms with Crippen LogP contribution in [0.4, 0.5) is 0 Å². The zero-order valence-corrected chi connectivity index (χ0v) is 16.5. The van der Waals surface area contributed by atoms with Crippen LogP contribution in [-0.2, 0) is 24.3 Å². The van der Waals surface area contributed by atoms with Crippen molar-refractivity contribution in [2.45, 2.75) is 24.8 Å². The van der Waals surface area contributed by atoms with Gasteiger partial charge in [-0.1, -0.05) is 25.4 Å². The van der Waals surface area contributed by atoms with E-state index in [4.69, 9.17) is 16.3 Å². The average Bonchev–Trinajstić information content (AvgIpc) is 2.58. The van der Waals surface area contributed by atoms with Crippen LogP contribution in [0.1, 0.15) is 13.8 Å². The van der Waals surface area contributed by atoms with Crippen LogP contribution in [0.3, 0.4) is 0 Å². The molecule has 0 unspecified atom stereocenters. The molecule has 8 nitrogen and oxygen atoms in total. The number of halogens is 1. The predicted octanol–water partition coefficient (Wildman–Crippen LogP) is 0.522. The van der Waals surface area contributed by atoms with Crippen LogP contribution in [0.2, 0.25) is 5.02 Å². The van der Waals surface area contributed by atoms with Crippen LogP contribution in [0.5, 0.6) is 0 Å². The number of nitrogens with one attached hydrogen (secondary N) is 3. The number of hydrogen-bond donors (Lipinski definition) is 3. The summed E-state index contributed by atoms with van der Waals surface area (Å²) in [6.07, 6.45) is 0. The lowest BCUT2D eigenvalue weighted by Crippen LogP contribution is -2.51. The second kappa shape index (κ2) is 10.5. The van der Waals surface area contributed by atoms with Gasteiger partial charge in [0.05, 0.1) is 18.0 Å². The molecule has 2 amide bonds. The molecule has 0 spiro atoms. The lowest BCUT2D eigenvalue weighted by Gasteiger charge is -2.21. The van der Waals surface area contributed by atoms with E-state index in [1.54, 1.807) is 13.8 Å². The van der Waals surface area contributed by atoms with Crippen LogP contribution in [-0.4, -0.2) is 53.1 Å². The third-order valence-corrected chi connectivity index (χ3v) is 5.12. The number of ether oxygens (including phenoxy) is 1. The van der Waals surface area contributed by atoms with E-state index in [0.29, 0.717) is 18.2 Å². The number of sulfonamides is 1. The highest BCUT2D eigenvalue weighted by molar-refractivity contribution is 7.89. The van der Waals surface area contributed by atoms with Crippen molar-refractivity contribution >= 4 is 33.4 Å². The van der Waals surface area contributed by atoms with E-state index in [-0.39, 0.29) is 17.4 Å². The van der Waals surface area contributed by atoms with Gasteiger partial charge in [-0.25, -0.2) is 8.42 Å². The van der Waals surface area contributed by atoms with E-state index in [0.717, 1.165) is 0 Å². The molecule has 0 fully saturated rings. The minimum Gasteiger partial charge on any atom is -0.383 e. The Balaban J connectivity index is 2.71. The fourth-order valence-corrected chi connectivity index (χ4v) is 3.44. The summed E-state index contributed by atoms with van der Waals surface area (Å²) in [4.78, 5) is 23.9. The molecule has 0 aliphatic rings. The summed E-state index contributed by atoms with van der Waals surface area (Å²) >= 11 is 5.76. The molecule has 3 N–H and O–H groups in total. The highest BCUT2D eigenvalue weighted by Crippen LogP contribution is 2.15. The van der Waals surface area contributed by atoms with Gasteiger partial charge in [-0.15, -0.1) is 0 Å². The average molecular weight is 406 g/mol. The molecule has 0 aromatic heterocycles. The number of benzene rings is 1. The number of carbonyl (C=O) groups is 2. The molecule has 1 atom stereocenters. The maximum absolute atomic E-state index is 12.4. The van der Waals surface area contributed by atoms with Crippen molar-refractivity contribution < 1.29 is 22.7 Å². The zero-order chi connectivity index (χ0) is 19.7. The Morgan fingerprint density at radius 3 is 2.31 bits per heavy atom. The molecule has 0 bridgehead atoms. The molecule has 146 valence electrons. The van der Waals surface area contributed by atoms with E-state index < -0.39 is 27.9 Å². The third kappa shape index (κ3) is 7.28. The SMILES string of the molecule is COCCNC(=O)CNC(=O)[C@@H](NS(=O)(=O)c1ccc(Cl)cc1)C(C)C.